The summed E-state index contributed by atoms with van der Waals surface area (Å²) in [7, 11) is 1.38. The Bertz CT molecular complexity index is 735. The van der Waals surface area contributed by atoms with Gasteiger partial charge in [0.25, 0.3) is 0 Å². The molecule has 1 heterocycles. The van der Waals surface area contributed by atoms with E-state index in [1.165, 1.54) is 30.4 Å². The van der Waals surface area contributed by atoms with Gasteiger partial charge in [0.05, 0.1) is 12.7 Å². The van der Waals surface area contributed by atoms with Gasteiger partial charge in [0.1, 0.15) is 5.82 Å². The maximum atomic E-state index is 13.0. The third-order valence-corrected chi connectivity index (χ3v) is 4.29. The first kappa shape index (κ1) is 16.4. The molecule has 0 fully saturated rings. The predicted octanol–water partition coefficient (Wildman–Crippen LogP) is 3.90. The van der Waals surface area contributed by atoms with Crippen molar-refractivity contribution in [2.75, 3.05) is 20.2 Å². The first-order chi connectivity index (χ1) is 11.7. The molecular weight excluding hydrogens is 305 g/mol. The van der Waals surface area contributed by atoms with Crippen molar-refractivity contribution in [3.8, 4) is 0 Å². The minimum absolute atomic E-state index is 0.202. The number of carbonyl (C=O) groups is 1. The average Bonchev–Trinajstić information content (AvgIpc) is 2.63. The molecule has 0 aliphatic carbocycles. The molecule has 0 bridgehead atoms. The lowest BCUT2D eigenvalue weighted by molar-refractivity contribution is 0.0600. The van der Waals surface area contributed by atoms with Crippen LogP contribution in [0.4, 0.5) is 4.39 Å². The third-order valence-electron chi connectivity index (χ3n) is 4.29. The highest BCUT2D eigenvalue weighted by Gasteiger charge is 2.14. The van der Waals surface area contributed by atoms with Crippen LogP contribution >= 0.6 is 0 Å². The zero-order valence-corrected chi connectivity index (χ0v) is 13.7. The van der Waals surface area contributed by atoms with Gasteiger partial charge in [-0.3, -0.25) is 4.90 Å². The van der Waals surface area contributed by atoms with E-state index < -0.39 is 0 Å². The molecule has 3 nitrogen and oxygen atoms in total. The van der Waals surface area contributed by atoms with Crippen LogP contribution in [0.1, 0.15) is 27.9 Å². The van der Waals surface area contributed by atoms with Crippen LogP contribution in [-0.2, 0) is 11.3 Å². The zero-order chi connectivity index (χ0) is 16.9. The Morgan fingerprint density at radius 1 is 1.12 bits per heavy atom. The fourth-order valence-corrected chi connectivity index (χ4v) is 2.90. The topological polar surface area (TPSA) is 29.5 Å². The Hall–Kier alpha value is -2.46. The van der Waals surface area contributed by atoms with Crippen molar-refractivity contribution in [3.63, 3.8) is 0 Å². The molecule has 24 heavy (non-hydrogen) atoms. The van der Waals surface area contributed by atoms with Gasteiger partial charge in [0, 0.05) is 19.6 Å². The SMILES string of the molecule is COC(=O)c1ccc(CN2CC=C(c3ccc(F)cc3)CC2)cc1. The first-order valence-corrected chi connectivity index (χ1v) is 8.00. The summed E-state index contributed by atoms with van der Waals surface area (Å²) >= 11 is 0. The normalized spacial score (nSPS) is 15.0. The fraction of sp³-hybridized carbons (Fsp3) is 0.250. The maximum Gasteiger partial charge on any atom is 0.337 e. The van der Waals surface area contributed by atoms with Gasteiger partial charge in [-0.05, 0) is 47.4 Å². The largest absolute Gasteiger partial charge is 0.465 e. The number of hydrogen-bond acceptors (Lipinski definition) is 3. The van der Waals surface area contributed by atoms with Crippen molar-refractivity contribution in [2.45, 2.75) is 13.0 Å². The lowest BCUT2D eigenvalue weighted by atomic mass is 9.99. The lowest BCUT2D eigenvalue weighted by Gasteiger charge is -2.26. The predicted molar refractivity (Wildman–Crippen MR) is 92.1 cm³/mol. The van der Waals surface area contributed by atoms with Crippen LogP contribution < -0.4 is 0 Å². The van der Waals surface area contributed by atoms with Crippen molar-refractivity contribution in [1.29, 1.82) is 0 Å². The highest BCUT2D eigenvalue weighted by molar-refractivity contribution is 5.89. The van der Waals surface area contributed by atoms with Crippen LogP contribution in [0.2, 0.25) is 0 Å². The second-order valence-corrected chi connectivity index (χ2v) is 5.91. The molecular formula is C20H20FNO2. The van der Waals surface area contributed by atoms with Gasteiger partial charge in [0.2, 0.25) is 0 Å². The first-order valence-electron chi connectivity index (χ1n) is 8.00. The number of hydrogen-bond donors (Lipinski definition) is 0. The molecule has 0 atom stereocenters. The van der Waals surface area contributed by atoms with Crippen LogP contribution in [0.25, 0.3) is 5.57 Å². The summed E-state index contributed by atoms with van der Waals surface area (Å²) in [5.41, 5.74) is 4.10. The zero-order valence-electron chi connectivity index (χ0n) is 13.7. The second-order valence-electron chi connectivity index (χ2n) is 5.91. The number of nitrogens with zero attached hydrogens (tertiary/aromatic N) is 1. The molecule has 0 aromatic heterocycles. The van der Waals surface area contributed by atoms with Gasteiger partial charge in [-0.1, -0.05) is 30.3 Å². The molecule has 0 unspecified atom stereocenters. The molecule has 124 valence electrons. The average molecular weight is 325 g/mol. The van der Waals surface area contributed by atoms with E-state index in [0.29, 0.717) is 5.56 Å². The Balaban J connectivity index is 1.60. The van der Waals surface area contributed by atoms with Crippen LogP contribution in [0.15, 0.2) is 54.6 Å². The molecule has 3 rings (SSSR count). The number of benzene rings is 2. The van der Waals surface area contributed by atoms with Crippen LogP contribution in [0, 0.1) is 5.82 Å². The molecule has 0 amide bonds. The fourth-order valence-electron chi connectivity index (χ4n) is 2.90. The molecule has 4 heteroatoms. The summed E-state index contributed by atoms with van der Waals surface area (Å²) in [6.07, 6.45) is 3.16. The van der Waals surface area contributed by atoms with E-state index in [9.17, 15) is 9.18 Å². The summed E-state index contributed by atoms with van der Waals surface area (Å²) in [6.45, 7) is 2.67. The Morgan fingerprint density at radius 2 is 1.83 bits per heavy atom. The van der Waals surface area contributed by atoms with Gasteiger partial charge in [0.15, 0.2) is 0 Å². The van der Waals surface area contributed by atoms with E-state index in [1.54, 1.807) is 12.1 Å². The van der Waals surface area contributed by atoms with Crippen molar-refractivity contribution >= 4 is 11.5 Å². The summed E-state index contributed by atoms with van der Waals surface area (Å²) in [4.78, 5) is 13.8. The van der Waals surface area contributed by atoms with E-state index in [2.05, 4.69) is 11.0 Å². The molecule has 2 aromatic rings. The molecule has 0 spiro atoms. The maximum absolute atomic E-state index is 13.0. The molecule has 0 saturated heterocycles. The summed E-state index contributed by atoms with van der Waals surface area (Å²) < 4.78 is 17.7. The van der Waals surface area contributed by atoms with E-state index in [0.717, 1.165) is 31.6 Å². The standard InChI is InChI=1S/C20H20FNO2/c1-24-20(23)18-4-2-15(3-5-18)14-22-12-10-17(11-13-22)16-6-8-19(21)9-7-16/h2-10H,11-14H2,1H3. The van der Waals surface area contributed by atoms with E-state index in [4.69, 9.17) is 4.74 Å². The van der Waals surface area contributed by atoms with Crippen molar-refractivity contribution in [1.82, 2.24) is 4.90 Å². The lowest BCUT2D eigenvalue weighted by Crippen LogP contribution is -2.28. The number of carbonyl (C=O) groups excluding carboxylic acids is 1. The van der Waals surface area contributed by atoms with E-state index in [1.807, 2.05) is 24.3 Å². The van der Waals surface area contributed by atoms with Crippen LogP contribution in [0.5, 0.6) is 0 Å². The molecule has 1 aliphatic heterocycles. The highest BCUT2D eigenvalue weighted by Crippen LogP contribution is 2.23. The number of esters is 1. The molecule has 0 radical (unpaired) electrons. The van der Waals surface area contributed by atoms with E-state index in [-0.39, 0.29) is 11.8 Å². The minimum Gasteiger partial charge on any atom is -0.465 e. The third kappa shape index (κ3) is 3.89. The summed E-state index contributed by atoms with van der Waals surface area (Å²) in [5, 5.41) is 0. The number of halogens is 1. The van der Waals surface area contributed by atoms with Gasteiger partial charge >= 0.3 is 5.97 Å². The van der Waals surface area contributed by atoms with Gasteiger partial charge < -0.3 is 4.74 Å². The number of methoxy groups -OCH3 is 1. The van der Waals surface area contributed by atoms with Crippen LogP contribution in [0.3, 0.4) is 0 Å². The van der Waals surface area contributed by atoms with E-state index >= 15 is 0 Å². The molecule has 2 aromatic carbocycles. The Labute approximate surface area is 141 Å². The second kappa shape index (κ2) is 7.41. The Kier molecular flexibility index (Phi) is 5.06. The number of rotatable bonds is 4. The molecule has 0 saturated carbocycles. The quantitative estimate of drug-likeness (QED) is 0.799. The van der Waals surface area contributed by atoms with Crippen molar-refractivity contribution < 1.29 is 13.9 Å². The Morgan fingerprint density at radius 3 is 2.42 bits per heavy atom. The van der Waals surface area contributed by atoms with Gasteiger partial charge in [-0.2, -0.15) is 0 Å². The minimum atomic E-state index is -0.314. The summed E-state index contributed by atoms with van der Waals surface area (Å²) in [6, 6.07) is 14.2. The smallest absolute Gasteiger partial charge is 0.337 e. The van der Waals surface area contributed by atoms with Crippen molar-refractivity contribution in [3.05, 3.63) is 77.1 Å². The van der Waals surface area contributed by atoms with Gasteiger partial charge in [-0.15, -0.1) is 0 Å². The molecule has 0 N–H and O–H groups in total. The number of ether oxygens (including phenoxy) is 1. The van der Waals surface area contributed by atoms with Crippen LogP contribution in [-0.4, -0.2) is 31.1 Å². The molecule has 1 aliphatic rings. The van der Waals surface area contributed by atoms with Crippen molar-refractivity contribution in [2.24, 2.45) is 0 Å². The summed E-state index contributed by atoms with van der Waals surface area (Å²) in [5.74, 6) is -0.515. The van der Waals surface area contributed by atoms with Gasteiger partial charge in [-0.25, -0.2) is 9.18 Å². The monoisotopic (exact) mass is 325 g/mol. The highest BCUT2D eigenvalue weighted by atomic mass is 19.1.